The molecule has 0 saturated heterocycles. The third-order valence-electron chi connectivity index (χ3n) is 1.34. The van der Waals surface area contributed by atoms with Gasteiger partial charge in [0.05, 0.1) is 12.0 Å². The van der Waals surface area contributed by atoms with E-state index in [0.29, 0.717) is 5.69 Å². The van der Waals surface area contributed by atoms with Crippen LogP contribution in [0.3, 0.4) is 0 Å². The molecule has 9 heavy (non-hydrogen) atoms. The van der Waals surface area contributed by atoms with Gasteiger partial charge >= 0.3 is 0 Å². The number of nitriles is 1. The Kier molecular flexibility index (Phi) is 1.23. The summed E-state index contributed by atoms with van der Waals surface area (Å²) >= 11 is 0. The molecular weight excluding hydrogens is 114 g/mol. The van der Waals surface area contributed by atoms with Gasteiger partial charge in [-0.05, 0) is 6.92 Å². The fourth-order valence-electron chi connectivity index (χ4n) is 0.601. The minimum Gasteiger partial charge on any atom is -0.337 e. The van der Waals surface area contributed by atoms with E-state index in [1.165, 1.54) is 0 Å². The SMILES string of the molecule is Cc1c(C#N)ncn1C. The third-order valence-corrected chi connectivity index (χ3v) is 1.34. The lowest BCUT2D eigenvalue weighted by Gasteiger charge is -1.89. The number of rotatable bonds is 0. The topological polar surface area (TPSA) is 41.6 Å². The van der Waals surface area contributed by atoms with Gasteiger partial charge in [-0.2, -0.15) is 5.26 Å². The summed E-state index contributed by atoms with van der Waals surface area (Å²) in [7, 11) is 1.86. The van der Waals surface area contributed by atoms with Crippen molar-refractivity contribution in [3.63, 3.8) is 0 Å². The predicted octanol–water partition coefficient (Wildman–Crippen LogP) is 0.600. The van der Waals surface area contributed by atoms with Gasteiger partial charge in [-0.25, -0.2) is 4.98 Å². The molecule has 0 spiro atoms. The van der Waals surface area contributed by atoms with Crippen molar-refractivity contribution in [3.05, 3.63) is 17.7 Å². The van der Waals surface area contributed by atoms with E-state index in [0.717, 1.165) is 5.69 Å². The Morgan fingerprint density at radius 3 is 2.67 bits per heavy atom. The highest BCUT2D eigenvalue weighted by Crippen LogP contribution is 2.00. The number of nitrogens with zero attached hydrogens (tertiary/aromatic N) is 3. The molecule has 0 aromatic carbocycles. The molecule has 0 N–H and O–H groups in total. The summed E-state index contributed by atoms with van der Waals surface area (Å²) in [5.41, 5.74) is 1.43. The van der Waals surface area contributed by atoms with Gasteiger partial charge in [0, 0.05) is 7.05 Å². The molecule has 46 valence electrons. The zero-order valence-corrected chi connectivity index (χ0v) is 5.42. The van der Waals surface area contributed by atoms with Crippen molar-refractivity contribution < 1.29 is 0 Å². The fourth-order valence-corrected chi connectivity index (χ4v) is 0.601. The summed E-state index contributed by atoms with van der Waals surface area (Å²) in [5, 5.41) is 8.41. The minimum atomic E-state index is 0.512. The molecule has 0 saturated carbocycles. The summed E-state index contributed by atoms with van der Waals surface area (Å²) < 4.78 is 1.82. The Bertz CT molecular complexity index is 254. The Labute approximate surface area is 53.6 Å². The van der Waals surface area contributed by atoms with Crippen molar-refractivity contribution in [3.8, 4) is 6.07 Å². The summed E-state index contributed by atoms with van der Waals surface area (Å²) in [6, 6.07) is 1.98. The molecule has 0 amide bonds. The van der Waals surface area contributed by atoms with Crippen LogP contribution < -0.4 is 0 Å². The maximum atomic E-state index is 8.41. The van der Waals surface area contributed by atoms with Crippen molar-refractivity contribution in [1.82, 2.24) is 9.55 Å². The lowest BCUT2D eigenvalue weighted by atomic mass is 10.4. The average molecular weight is 121 g/mol. The van der Waals surface area contributed by atoms with Crippen LogP contribution in [0.5, 0.6) is 0 Å². The molecule has 0 unspecified atom stereocenters. The van der Waals surface area contributed by atoms with Gasteiger partial charge in [-0.1, -0.05) is 0 Å². The van der Waals surface area contributed by atoms with Crippen LogP contribution in [0.4, 0.5) is 0 Å². The molecule has 0 atom stereocenters. The Balaban J connectivity index is 3.24. The molecule has 3 nitrogen and oxygen atoms in total. The normalized spacial score (nSPS) is 9.00. The molecular formula is C6H7N3. The molecule has 1 rings (SSSR count). The van der Waals surface area contributed by atoms with Gasteiger partial charge in [0.15, 0.2) is 5.69 Å². The number of aryl methyl sites for hydroxylation is 1. The standard InChI is InChI=1S/C6H7N3/c1-5-6(3-7)8-4-9(5)2/h4H,1-2H3. The molecule has 0 radical (unpaired) electrons. The van der Waals surface area contributed by atoms with Crippen molar-refractivity contribution in [2.24, 2.45) is 7.05 Å². The summed E-state index contributed by atoms with van der Waals surface area (Å²) in [5.74, 6) is 0. The zero-order valence-electron chi connectivity index (χ0n) is 5.42. The second-order valence-electron chi connectivity index (χ2n) is 1.90. The second-order valence-corrected chi connectivity index (χ2v) is 1.90. The monoisotopic (exact) mass is 121 g/mol. The summed E-state index contributed by atoms with van der Waals surface area (Å²) in [4.78, 5) is 3.84. The van der Waals surface area contributed by atoms with Gasteiger partial charge in [-0.3, -0.25) is 0 Å². The van der Waals surface area contributed by atoms with Crippen LogP contribution in [-0.2, 0) is 7.05 Å². The van der Waals surface area contributed by atoms with Gasteiger partial charge in [0.1, 0.15) is 6.07 Å². The van der Waals surface area contributed by atoms with E-state index in [-0.39, 0.29) is 0 Å². The van der Waals surface area contributed by atoms with E-state index >= 15 is 0 Å². The highest BCUT2D eigenvalue weighted by molar-refractivity contribution is 5.24. The van der Waals surface area contributed by atoms with Crippen molar-refractivity contribution in [2.75, 3.05) is 0 Å². The van der Waals surface area contributed by atoms with Gasteiger partial charge in [0.25, 0.3) is 0 Å². The first kappa shape index (κ1) is 5.83. The average Bonchev–Trinajstić information content (AvgIpc) is 2.15. The van der Waals surface area contributed by atoms with Crippen molar-refractivity contribution >= 4 is 0 Å². The van der Waals surface area contributed by atoms with E-state index in [9.17, 15) is 0 Å². The first-order valence-corrected chi connectivity index (χ1v) is 2.63. The predicted molar refractivity (Wildman–Crippen MR) is 32.7 cm³/mol. The first-order chi connectivity index (χ1) is 4.25. The van der Waals surface area contributed by atoms with E-state index in [1.807, 2.05) is 24.6 Å². The highest BCUT2D eigenvalue weighted by atomic mass is 15.0. The Morgan fingerprint density at radius 2 is 2.44 bits per heavy atom. The van der Waals surface area contributed by atoms with Crippen LogP contribution in [0.15, 0.2) is 6.33 Å². The summed E-state index contributed by atoms with van der Waals surface area (Å²) in [6.45, 7) is 1.87. The smallest absolute Gasteiger partial charge is 0.161 e. The van der Waals surface area contributed by atoms with Gasteiger partial charge < -0.3 is 4.57 Å². The van der Waals surface area contributed by atoms with E-state index in [4.69, 9.17) is 5.26 Å². The Hall–Kier alpha value is -1.30. The number of hydrogen-bond acceptors (Lipinski definition) is 2. The molecule has 0 fully saturated rings. The van der Waals surface area contributed by atoms with Crippen LogP contribution in [0.25, 0.3) is 0 Å². The number of aromatic nitrogens is 2. The van der Waals surface area contributed by atoms with Crippen LogP contribution in [0.1, 0.15) is 11.4 Å². The second kappa shape index (κ2) is 1.90. The van der Waals surface area contributed by atoms with Crippen LogP contribution in [0.2, 0.25) is 0 Å². The largest absolute Gasteiger partial charge is 0.337 e. The van der Waals surface area contributed by atoms with Gasteiger partial charge in [0.2, 0.25) is 0 Å². The Morgan fingerprint density at radius 1 is 1.78 bits per heavy atom. The van der Waals surface area contributed by atoms with Gasteiger partial charge in [-0.15, -0.1) is 0 Å². The van der Waals surface area contributed by atoms with E-state index < -0.39 is 0 Å². The van der Waals surface area contributed by atoms with Crippen LogP contribution in [0, 0.1) is 18.3 Å². The number of imidazole rings is 1. The highest BCUT2D eigenvalue weighted by Gasteiger charge is 1.99. The van der Waals surface area contributed by atoms with E-state index in [2.05, 4.69) is 4.98 Å². The first-order valence-electron chi connectivity index (χ1n) is 2.63. The third kappa shape index (κ3) is 0.789. The molecule has 0 aliphatic carbocycles. The molecule has 1 heterocycles. The lowest BCUT2D eigenvalue weighted by Crippen LogP contribution is -1.88. The fraction of sp³-hybridized carbons (Fsp3) is 0.333. The minimum absolute atomic E-state index is 0.512. The van der Waals surface area contributed by atoms with Crippen molar-refractivity contribution in [2.45, 2.75) is 6.92 Å². The lowest BCUT2D eigenvalue weighted by molar-refractivity contribution is 0.873. The quantitative estimate of drug-likeness (QED) is 0.504. The molecule has 0 aliphatic heterocycles. The van der Waals surface area contributed by atoms with Crippen molar-refractivity contribution in [1.29, 1.82) is 5.26 Å². The maximum absolute atomic E-state index is 8.41. The molecule has 1 aromatic rings. The molecule has 0 bridgehead atoms. The summed E-state index contributed by atoms with van der Waals surface area (Å²) in [6.07, 6.45) is 1.63. The molecule has 1 aromatic heterocycles. The maximum Gasteiger partial charge on any atom is 0.161 e. The van der Waals surface area contributed by atoms with Crippen LogP contribution >= 0.6 is 0 Å². The van der Waals surface area contributed by atoms with E-state index in [1.54, 1.807) is 6.33 Å². The molecule has 3 heteroatoms. The van der Waals surface area contributed by atoms with Crippen LogP contribution in [-0.4, -0.2) is 9.55 Å². The number of hydrogen-bond donors (Lipinski definition) is 0. The zero-order chi connectivity index (χ0) is 6.85. The molecule has 0 aliphatic rings.